The van der Waals surface area contributed by atoms with Crippen LogP contribution in [-0.4, -0.2) is 25.2 Å². The molecule has 0 aliphatic heterocycles. The first-order valence-corrected chi connectivity index (χ1v) is 10.0. The molecule has 0 bridgehead atoms. The first-order valence-electron chi connectivity index (χ1n) is 10.0. The maximum Gasteiger partial charge on any atom is 1.00 e. The Morgan fingerprint density at radius 3 is 1.28 bits per heavy atom. The fourth-order valence-corrected chi connectivity index (χ4v) is 2.49. The zero-order valence-electron chi connectivity index (χ0n) is 17.9. The summed E-state index contributed by atoms with van der Waals surface area (Å²) < 4.78 is 10.3. The van der Waals surface area contributed by atoms with Gasteiger partial charge >= 0.3 is 30.8 Å². The molecule has 0 aromatic rings. The Labute approximate surface area is 168 Å². The first kappa shape index (κ1) is 26.8. The van der Waals surface area contributed by atoms with E-state index in [1.165, 1.54) is 51.4 Å². The zero-order valence-corrected chi connectivity index (χ0v) is 16.9. The SMILES string of the molecule is CCCCCCCCOC(=O)CCC(=O)OCCCCCCCC.[H-].[Li+]. The molecule has 0 rings (SSSR count). The fourth-order valence-electron chi connectivity index (χ4n) is 2.49. The number of rotatable bonds is 17. The Balaban J connectivity index is -0.00000264. The van der Waals surface area contributed by atoms with Crippen LogP contribution in [0.4, 0.5) is 0 Å². The van der Waals surface area contributed by atoms with Crippen LogP contribution in [0.2, 0.25) is 0 Å². The van der Waals surface area contributed by atoms with Crippen LogP contribution in [0.3, 0.4) is 0 Å². The minimum absolute atomic E-state index is 0. The van der Waals surface area contributed by atoms with Crippen molar-refractivity contribution in [3.05, 3.63) is 0 Å². The molecule has 0 aromatic heterocycles. The summed E-state index contributed by atoms with van der Waals surface area (Å²) in [5.41, 5.74) is 0. The third kappa shape index (κ3) is 21.5. The molecular weight excluding hydrogens is 311 g/mol. The van der Waals surface area contributed by atoms with Gasteiger partial charge in [0, 0.05) is 0 Å². The zero-order chi connectivity index (χ0) is 17.9. The van der Waals surface area contributed by atoms with Gasteiger partial charge in [-0.3, -0.25) is 9.59 Å². The summed E-state index contributed by atoms with van der Waals surface area (Å²) >= 11 is 0. The van der Waals surface area contributed by atoms with Crippen LogP contribution in [0, 0.1) is 0 Å². The second kappa shape index (κ2) is 21.6. The fraction of sp³-hybridized carbons (Fsp3) is 0.900. The van der Waals surface area contributed by atoms with E-state index >= 15 is 0 Å². The quantitative estimate of drug-likeness (QED) is 0.230. The predicted octanol–water partition coefficient (Wildman–Crippen LogP) is 2.69. The van der Waals surface area contributed by atoms with E-state index in [1.807, 2.05) is 0 Å². The first-order chi connectivity index (χ1) is 11.7. The van der Waals surface area contributed by atoms with Gasteiger partial charge in [-0.05, 0) is 12.8 Å². The van der Waals surface area contributed by atoms with Crippen molar-refractivity contribution >= 4 is 11.9 Å². The molecule has 5 heteroatoms. The van der Waals surface area contributed by atoms with Crippen molar-refractivity contribution in [1.29, 1.82) is 0 Å². The van der Waals surface area contributed by atoms with Crippen LogP contribution in [-0.2, 0) is 19.1 Å². The molecule has 4 nitrogen and oxygen atoms in total. The second-order valence-corrected chi connectivity index (χ2v) is 6.48. The summed E-state index contributed by atoms with van der Waals surface area (Å²) in [7, 11) is 0. The van der Waals surface area contributed by atoms with Gasteiger partial charge in [-0.15, -0.1) is 0 Å². The molecule has 0 saturated heterocycles. The van der Waals surface area contributed by atoms with Gasteiger partial charge in [0.1, 0.15) is 0 Å². The maximum absolute atomic E-state index is 11.5. The maximum atomic E-state index is 11.5. The van der Waals surface area contributed by atoms with Crippen molar-refractivity contribution in [3.8, 4) is 0 Å². The topological polar surface area (TPSA) is 52.6 Å². The summed E-state index contributed by atoms with van der Waals surface area (Å²) in [6, 6.07) is 0. The molecule has 0 radical (unpaired) electrons. The van der Waals surface area contributed by atoms with Gasteiger partial charge in [0.25, 0.3) is 0 Å². The normalized spacial score (nSPS) is 10.2. The minimum Gasteiger partial charge on any atom is -1.00 e. The summed E-state index contributed by atoms with van der Waals surface area (Å²) in [5, 5.41) is 0. The van der Waals surface area contributed by atoms with E-state index in [2.05, 4.69) is 13.8 Å². The average Bonchev–Trinajstić information content (AvgIpc) is 2.58. The van der Waals surface area contributed by atoms with Crippen LogP contribution in [0.5, 0.6) is 0 Å². The number of hydrogen-bond acceptors (Lipinski definition) is 4. The van der Waals surface area contributed by atoms with Gasteiger partial charge in [0.2, 0.25) is 0 Å². The average molecular weight is 350 g/mol. The van der Waals surface area contributed by atoms with Gasteiger partial charge < -0.3 is 10.9 Å². The van der Waals surface area contributed by atoms with Crippen LogP contribution >= 0.6 is 0 Å². The molecule has 25 heavy (non-hydrogen) atoms. The number of carbonyl (C=O) groups excluding carboxylic acids is 2. The molecule has 0 spiro atoms. The molecule has 144 valence electrons. The molecule has 0 saturated carbocycles. The van der Waals surface area contributed by atoms with Gasteiger partial charge in [0.15, 0.2) is 0 Å². The second-order valence-electron chi connectivity index (χ2n) is 6.48. The van der Waals surface area contributed by atoms with E-state index in [1.54, 1.807) is 0 Å². The van der Waals surface area contributed by atoms with Crippen molar-refractivity contribution in [2.24, 2.45) is 0 Å². The Morgan fingerprint density at radius 1 is 0.600 bits per heavy atom. The van der Waals surface area contributed by atoms with Gasteiger partial charge in [-0.2, -0.15) is 0 Å². The van der Waals surface area contributed by atoms with Crippen molar-refractivity contribution in [2.45, 2.75) is 104 Å². The van der Waals surface area contributed by atoms with Crippen LogP contribution in [0.15, 0.2) is 0 Å². The Kier molecular flexibility index (Phi) is 23.1. The van der Waals surface area contributed by atoms with Crippen LogP contribution < -0.4 is 18.9 Å². The van der Waals surface area contributed by atoms with E-state index in [0.29, 0.717) is 13.2 Å². The van der Waals surface area contributed by atoms with E-state index in [4.69, 9.17) is 9.47 Å². The smallest absolute Gasteiger partial charge is 1.00 e. The Bertz CT molecular complexity index is 284. The van der Waals surface area contributed by atoms with Gasteiger partial charge in [-0.25, -0.2) is 0 Å². The van der Waals surface area contributed by atoms with Gasteiger partial charge in [0.05, 0.1) is 26.1 Å². The van der Waals surface area contributed by atoms with Crippen LogP contribution in [0.1, 0.15) is 105 Å². The third-order valence-electron chi connectivity index (χ3n) is 4.06. The number of carbonyl (C=O) groups is 2. The van der Waals surface area contributed by atoms with Crippen LogP contribution in [0.25, 0.3) is 0 Å². The molecule has 0 amide bonds. The largest absolute Gasteiger partial charge is 1.00 e. The molecule has 0 heterocycles. The van der Waals surface area contributed by atoms with E-state index in [9.17, 15) is 9.59 Å². The van der Waals surface area contributed by atoms with Crippen molar-refractivity contribution in [2.75, 3.05) is 13.2 Å². The number of ether oxygens (including phenoxy) is 2. The van der Waals surface area contributed by atoms with Crippen molar-refractivity contribution in [3.63, 3.8) is 0 Å². The molecular formula is C20H39LiO4. The molecule has 0 aliphatic rings. The summed E-state index contributed by atoms with van der Waals surface area (Å²) in [5.74, 6) is -0.583. The monoisotopic (exact) mass is 350 g/mol. The Hall–Kier alpha value is -0.463. The molecule has 0 atom stereocenters. The minimum atomic E-state index is -0.292. The standard InChI is InChI=1S/C20H38O4.Li.H/c1-3-5-7-9-11-13-17-23-19(21)15-16-20(22)24-18-14-12-10-8-6-4-2;;/h3-18H2,1-2H3;;/q;+1;-1. The van der Waals surface area contributed by atoms with E-state index in [0.717, 1.165) is 25.7 Å². The predicted molar refractivity (Wildman–Crippen MR) is 99.0 cm³/mol. The van der Waals surface area contributed by atoms with Crippen molar-refractivity contribution in [1.82, 2.24) is 0 Å². The molecule has 0 aromatic carbocycles. The summed E-state index contributed by atoms with van der Waals surface area (Å²) in [4.78, 5) is 23.1. The van der Waals surface area contributed by atoms with Crippen molar-refractivity contribution < 1.29 is 39.4 Å². The Morgan fingerprint density at radius 2 is 0.920 bits per heavy atom. The summed E-state index contributed by atoms with van der Waals surface area (Å²) in [6.45, 7) is 5.33. The number of esters is 2. The number of hydrogen-bond donors (Lipinski definition) is 0. The number of unbranched alkanes of at least 4 members (excludes halogenated alkanes) is 10. The molecule has 0 fully saturated rings. The molecule has 0 unspecified atom stereocenters. The molecule has 0 N–H and O–H groups in total. The summed E-state index contributed by atoms with van der Waals surface area (Å²) in [6.07, 6.45) is 14.3. The van der Waals surface area contributed by atoms with Gasteiger partial charge in [-0.1, -0.05) is 78.1 Å². The third-order valence-corrected chi connectivity index (χ3v) is 4.06. The van der Waals surface area contributed by atoms with E-state index in [-0.39, 0.29) is 45.1 Å². The molecule has 0 aliphatic carbocycles. The van der Waals surface area contributed by atoms with E-state index < -0.39 is 0 Å².